The van der Waals surface area contributed by atoms with E-state index in [9.17, 15) is 9.59 Å². The van der Waals surface area contributed by atoms with Crippen molar-refractivity contribution in [1.29, 1.82) is 0 Å². The highest BCUT2D eigenvalue weighted by molar-refractivity contribution is 7.99. The van der Waals surface area contributed by atoms with Gasteiger partial charge < -0.3 is 14.5 Å². The minimum atomic E-state index is -0.669. The van der Waals surface area contributed by atoms with Crippen LogP contribution in [0.3, 0.4) is 0 Å². The number of benzene rings is 1. The average Bonchev–Trinajstić information content (AvgIpc) is 3.18. The number of hydrogen-bond acceptors (Lipinski definition) is 7. The van der Waals surface area contributed by atoms with Crippen LogP contribution < -0.4 is 5.32 Å². The molecule has 2 aromatic rings. The number of rotatable bonds is 8. The number of carbonyl (C=O) groups excluding carboxylic acids is 2. The first kappa shape index (κ1) is 22.9. The van der Waals surface area contributed by atoms with E-state index in [1.807, 2.05) is 38.1 Å². The highest BCUT2D eigenvalue weighted by atomic mass is 32.2. The van der Waals surface area contributed by atoms with Crippen molar-refractivity contribution >= 4 is 23.6 Å². The van der Waals surface area contributed by atoms with Gasteiger partial charge in [0.2, 0.25) is 11.8 Å². The number of aromatic nitrogens is 2. The molecule has 1 aromatic carbocycles. The molecule has 2 atom stereocenters. The van der Waals surface area contributed by atoms with Crippen LogP contribution in [0, 0.1) is 5.92 Å². The Morgan fingerprint density at radius 3 is 2.41 bits per heavy atom. The lowest BCUT2D eigenvalue weighted by Crippen LogP contribution is -2.46. The maximum Gasteiger partial charge on any atom is 0.328 e. The van der Waals surface area contributed by atoms with Crippen molar-refractivity contribution in [2.45, 2.75) is 57.7 Å². The molecule has 0 radical (unpaired) electrons. The van der Waals surface area contributed by atoms with Crippen LogP contribution in [0.25, 0.3) is 11.5 Å². The van der Waals surface area contributed by atoms with Crippen LogP contribution in [0.2, 0.25) is 0 Å². The van der Waals surface area contributed by atoms with Crippen molar-refractivity contribution in [2.24, 2.45) is 5.92 Å². The van der Waals surface area contributed by atoms with Crippen LogP contribution in [0.1, 0.15) is 46.6 Å². The molecule has 0 fully saturated rings. The van der Waals surface area contributed by atoms with Gasteiger partial charge in [-0.3, -0.25) is 4.79 Å². The molecule has 29 heavy (non-hydrogen) atoms. The molecule has 1 heterocycles. The van der Waals surface area contributed by atoms with E-state index in [2.05, 4.69) is 36.3 Å². The van der Waals surface area contributed by atoms with Gasteiger partial charge >= 0.3 is 5.97 Å². The van der Waals surface area contributed by atoms with Gasteiger partial charge in [-0.1, -0.05) is 64.9 Å². The van der Waals surface area contributed by atoms with Gasteiger partial charge in [0.25, 0.3) is 5.22 Å². The Labute approximate surface area is 176 Å². The third kappa shape index (κ3) is 6.32. The van der Waals surface area contributed by atoms with Crippen molar-refractivity contribution < 1.29 is 18.7 Å². The molecule has 8 heteroatoms. The monoisotopic (exact) mass is 419 g/mol. The van der Waals surface area contributed by atoms with Crippen molar-refractivity contribution in [2.75, 3.05) is 12.9 Å². The lowest BCUT2D eigenvalue weighted by molar-refractivity contribution is -0.146. The van der Waals surface area contributed by atoms with E-state index in [0.29, 0.717) is 11.1 Å². The minimum Gasteiger partial charge on any atom is -0.467 e. The van der Waals surface area contributed by atoms with Gasteiger partial charge in [0.1, 0.15) is 6.04 Å². The van der Waals surface area contributed by atoms with Crippen molar-refractivity contribution in [3.63, 3.8) is 0 Å². The number of thioether (sulfide) groups is 1. The summed E-state index contributed by atoms with van der Waals surface area (Å²) in [5.41, 5.74) is 2.11. The van der Waals surface area contributed by atoms with E-state index < -0.39 is 12.0 Å². The topological polar surface area (TPSA) is 94.3 Å². The van der Waals surface area contributed by atoms with Crippen LogP contribution in [-0.4, -0.2) is 41.0 Å². The van der Waals surface area contributed by atoms with Gasteiger partial charge in [-0.05, 0) is 29.0 Å². The summed E-state index contributed by atoms with van der Waals surface area (Å²) in [6, 6.07) is 7.31. The fourth-order valence-corrected chi connectivity index (χ4v) is 3.21. The largest absolute Gasteiger partial charge is 0.467 e. The third-order valence-electron chi connectivity index (χ3n) is 4.72. The molecule has 0 spiro atoms. The first-order valence-electron chi connectivity index (χ1n) is 9.60. The minimum absolute atomic E-state index is 0.0255. The molecule has 0 unspecified atom stereocenters. The summed E-state index contributed by atoms with van der Waals surface area (Å²) >= 11 is 1.13. The first-order chi connectivity index (χ1) is 13.7. The Morgan fingerprint density at radius 1 is 1.21 bits per heavy atom. The second-order valence-corrected chi connectivity index (χ2v) is 8.87. The van der Waals surface area contributed by atoms with E-state index in [-0.39, 0.29) is 23.0 Å². The maximum absolute atomic E-state index is 12.2. The van der Waals surface area contributed by atoms with Gasteiger partial charge in [0.15, 0.2) is 0 Å². The molecular weight excluding hydrogens is 390 g/mol. The van der Waals surface area contributed by atoms with Crippen LogP contribution in [-0.2, 0) is 19.7 Å². The van der Waals surface area contributed by atoms with E-state index in [0.717, 1.165) is 23.7 Å². The summed E-state index contributed by atoms with van der Waals surface area (Å²) in [6.45, 7) is 10.3. The molecule has 1 aromatic heterocycles. The van der Waals surface area contributed by atoms with E-state index in [1.165, 1.54) is 12.7 Å². The molecule has 158 valence electrons. The van der Waals surface area contributed by atoms with E-state index >= 15 is 0 Å². The Balaban J connectivity index is 1.96. The summed E-state index contributed by atoms with van der Waals surface area (Å²) in [7, 11) is 1.31. The zero-order valence-electron chi connectivity index (χ0n) is 17.8. The van der Waals surface area contributed by atoms with Crippen LogP contribution in [0.4, 0.5) is 0 Å². The van der Waals surface area contributed by atoms with Gasteiger partial charge in [-0.15, -0.1) is 10.2 Å². The normalized spacial score (nSPS) is 13.6. The van der Waals surface area contributed by atoms with Crippen molar-refractivity contribution in [3.05, 3.63) is 29.8 Å². The highest BCUT2D eigenvalue weighted by Crippen LogP contribution is 2.27. The first-order valence-corrected chi connectivity index (χ1v) is 10.6. The lowest BCUT2D eigenvalue weighted by atomic mass is 9.87. The Morgan fingerprint density at radius 2 is 1.86 bits per heavy atom. The van der Waals surface area contributed by atoms with Crippen LogP contribution in [0.5, 0.6) is 0 Å². The number of nitrogens with zero attached hydrogens (tertiary/aromatic N) is 2. The maximum atomic E-state index is 12.2. The molecule has 1 N–H and O–H groups in total. The molecule has 0 bridgehead atoms. The number of ether oxygens (including phenoxy) is 1. The molecule has 1 amide bonds. The number of hydrogen-bond donors (Lipinski definition) is 1. The predicted molar refractivity (Wildman–Crippen MR) is 113 cm³/mol. The van der Waals surface area contributed by atoms with Crippen LogP contribution in [0.15, 0.2) is 33.9 Å². The molecule has 7 nitrogen and oxygen atoms in total. The fourth-order valence-electron chi connectivity index (χ4n) is 2.64. The second kappa shape index (κ2) is 9.91. The number of nitrogens with one attached hydrogen (secondary N) is 1. The summed E-state index contributed by atoms with van der Waals surface area (Å²) in [5.74, 6) is -0.298. The fraction of sp³-hybridized carbons (Fsp3) is 0.524. The van der Waals surface area contributed by atoms with Crippen LogP contribution >= 0.6 is 11.8 Å². The Kier molecular flexibility index (Phi) is 7.84. The summed E-state index contributed by atoms with van der Waals surface area (Å²) in [4.78, 5) is 24.1. The van der Waals surface area contributed by atoms with Gasteiger partial charge in [0, 0.05) is 5.56 Å². The number of esters is 1. The molecule has 0 saturated carbocycles. The number of carbonyl (C=O) groups is 2. The Hall–Kier alpha value is -2.35. The molecule has 0 aliphatic carbocycles. The Bertz CT molecular complexity index is 827. The van der Waals surface area contributed by atoms with Gasteiger partial charge in [-0.2, -0.15) is 0 Å². The third-order valence-corrected chi connectivity index (χ3v) is 5.53. The summed E-state index contributed by atoms with van der Waals surface area (Å²) in [5, 5.41) is 11.1. The molecule has 0 saturated heterocycles. The molecule has 0 aliphatic rings. The quantitative estimate of drug-likeness (QED) is 0.513. The second-order valence-electron chi connectivity index (χ2n) is 7.94. The van der Waals surface area contributed by atoms with E-state index in [1.54, 1.807) is 0 Å². The zero-order chi connectivity index (χ0) is 21.6. The number of methoxy groups -OCH3 is 1. The summed E-state index contributed by atoms with van der Waals surface area (Å²) < 4.78 is 10.4. The van der Waals surface area contributed by atoms with Crippen molar-refractivity contribution in [3.8, 4) is 11.5 Å². The molecule has 0 aliphatic heterocycles. The highest BCUT2D eigenvalue weighted by Gasteiger charge is 2.26. The smallest absolute Gasteiger partial charge is 0.328 e. The van der Waals surface area contributed by atoms with Crippen molar-refractivity contribution in [1.82, 2.24) is 15.5 Å². The zero-order valence-corrected chi connectivity index (χ0v) is 18.6. The summed E-state index contributed by atoms with van der Waals surface area (Å²) in [6.07, 6.45) is 0.744. The van der Waals surface area contributed by atoms with E-state index in [4.69, 9.17) is 9.15 Å². The lowest BCUT2D eigenvalue weighted by Gasteiger charge is -2.21. The van der Waals surface area contributed by atoms with Gasteiger partial charge in [0.05, 0.1) is 12.9 Å². The average molecular weight is 420 g/mol. The molecular formula is C21H29N3O4S. The standard InChI is InChI=1S/C21H29N3O4S/c1-7-13(2)17(19(26)27-6)22-16(25)12-29-20-24-23-18(28-20)14-8-10-15(11-9-14)21(3,4)5/h8-11,13,17H,7,12H2,1-6H3,(H,22,25)/t13-,17+/m0/s1. The van der Waals surface area contributed by atoms with Gasteiger partial charge in [-0.25, -0.2) is 4.79 Å². The SMILES string of the molecule is CC[C@H](C)[C@@H](NC(=O)CSc1nnc(-c2ccc(C(C)(C)C)cc2)o1)C(=O)OC. The predicted octanol–water partition coefficient (Wildman–Crippen LogP) is 3.83. The molecule has 2 rings (SSSR count). The number of amides is 1.